The van der Waals surface area contributed by atoms with Gasteiger partial charge in [0.15, 0.2) is 0 Å². The molecule has 0 aliphatic heterocycles. The molecule has 0 aromatic heterocycles. The van der Waals surface area contributed by atoms with E-state index in [9.17, 15) is 9.59 Å². The molecule has 0 atom stereocenters. The Morgan fingerprint density at radius 2 is 2.11 bits per heavy atom. The number of hydrogen-bond acceptors (Lipinski definition) is 4. The lowest BCUT2D eigenvalue weighted by molar-refractivity contribution is -0.121. The van der Waals surface area contributed by atoms with Gasteiger partial charge in [0, 0.05) is 16.7 Å². The minimum atomic E-state index is -0.493. The number of nitrogens with two attached hydrogens (primary N) is 1. The standard InChI is InChI=1S/C12H15BrN2O3/c1-2-15-11(16)3-4-18-12(17)8-5-9(13)7-10(14)6-8/h5-7H,2-4,14H2,1H3,(H,15,16). The monoisotopic (exact) mass is 314 g/mol. The molecular formula is C12H15BrN2O3. The number of esters is 1. The number of benzene rings is 1. The summed E-state index contributed by atoms with van der Waals surface area (Å²) in [6.45, 7) is 2.44. The van der Waals surface area contributed by atoms with E-state index in [1.54, 1.807) is 12.1 Å². The summed E-state index contributed by atoms with van der Waals surface area (Å²) in [7, 11) is 0. The molecule has 6 heteroatoms. The van der Waals surface area contributed by atoms with Crippen LogP contribution in [0.5, 0.6) is 0 Å². The average molecular weight is 315 g/mol. The Balaban J connectivity index is 2.48. The molecule has 0 aliphatic carbocycles. The number of ether oxygens (including phenoxy) is 1. The molecule has 0 aliphatic rings. The third-order valence-electron chi connectivity index (χ3n) is 2.09. The van der Waals surface area contributed by atoms with Gasteiger partial charge in [-0.1, -0.05) is 15.9 Å². The zero-order valence-electron chi connectivity index (χ0n) is 10.0. The number of halogens is 1. The van der Waals surface area contributed by atoms with E-state index in [-0.39, 0.29) is 18.9 Å². The highest BCUT2D eigenvalue weighted by molar-refractivity contribution is 9.10. The number of amides is 1. The van der Waals surface area contributed by atoms with Gasteiger partial charge < -0.3 is 15.8 Å². The molecule has 0 saturated heterocycles. The summed E-state index contributed by atoms with van der Waals surface area (Å²) in [5, 5.41) is 2.62. The molecule has 1 rings (SSSR count). The van der Waals surface area contributed by atoms with E-state index in [0.29, 0.717) is 22.3 Å². The van der Waals surface area contributed by atoms with Crippen molar-refractivity contribution in [2.24, 2.45) is 0 Å². The molecule has 1 aromatic rings. The van der Waals surface area contributed by atoms with Gasteiger partial charge in [-0.2, -0.15) is 0 Å². The summed E-state index contributed by atoms with van der Waals surface area (Å²) in [6.07, 6.45) is 0.156. The van der Waals surface area contributed by atoms with Crippen molar-refractivity contribution in [2.45, 2.75) is 13.3 Å². The van der Waals surface area contributed by atoms with E-state index >= 15 is 0 Å². The molecule has 98 valence electrons. The third kappa shape index (κ3) is 4.75. The zero-order valence-corrected chi connectivity index (χ0v) is 11.6. The van der Waals surface area contributed by atoms with Gasteiger partial charge in [0.2, 0.25) is 5.91 Å². The zero-order chi connectivity index (χ0) is 13.5. The molecule has 0 radical (unpaired) electrons. The second kappa shape index (κ2) is 7.00. The molecule has 0 heterocycles. The Morgan fingerprint density at radius 3 is 2.72 bits per heavy atom. The number of nitrogen functional groups attached to an aromatic ring is 1. The fourth-order valence-electron chi connectivity index (χ4n) is 1.34. The minimum Gasteiger partial charge on any atom is -0.462 e. The lowest BCUT2D eigenvalue weighted by Gasteiger charge is -2.06. The van der Waals surface area contributed by atoms with Gasteiger partial charge in [-0.15, -0.1) is 0 Å². The van der Waals surface area contributed by atoms with E-state index in [4.69, 9.17) is 10.5 Å². The van der Waals surface area contributed by atoms with Crippen LogP contribution in [0.1, 0.15) is 23.7 Å². The van der Waals surface area contributed by atoms with E-state index in [1.165, 1.54) is 6.07 Å². The molecule has 1 amide bonds. The number of anilines is 1. The van der Waals surface area contributed by atoms with Gasteiger partial charge >= 0.3 is 5.97 Å². The summed E-state index contributed by atoms with van der Waals surface area (Å²) < 4.78 is 5.69. The molecule has 0 bridgehead atoms. The maximum atomic E-state index is 11.7. The first-order valence-corrected chi connectivity index (χ1v) is 6.32. The van der Waals surface area contributed by atoms with Crippen LogP contribution in [0.2, 0.25) is 0 Å². The molecule has 3 N–H and O–H groups in total. The second-order valence-electron chi connectivity index (χ2n) is 3.61. The summed E-state index contributed by atoms with van der Waals surface area (Å²) in [5.74, 6) is -0.633. The first-order chi connectivity index (χ1) is 8.52. The van der Waals surface area contributed by atoms with Crippen LogP contribution in [0.3, 0.4) is 0 Å². The van der Waals surface area contributed by atoms with Crippen LogP contribution < -0.4 is 11.1 Å². The summed E-state index contributed by atoms with van der Waals surface area (Å²) in [5.41, 5.74) is 6.44. The molecule has 0 unspecified atom stereocenters. The smallest absolute Gasteiger partial charge is 0.338 e. The molecule has 1 aromatic carbocycles. The molecule has 0 saturated carbocycles. The van der Waals surface area contributed by atoms with Crippen LogP contribution in [0, 0.1) is 0 Å². The van der Waals surface area contributed by atoms with Crippen LogP contribution in [0.4, 0.5) is 5.69 Å². The van der Waals surface area contributed by atoms with Gasteiger partial charge in [-0.05, 0) is 25.1 Å². The van der Waals surface area contributed by atoms with E-state index < -0.39 is 5.97 Å². The molecule has 0 fully saturated rings. The Bertz CT molecular complexity index is 429. The molecule has 0 spiro atoms. The lowest BCUT2D eigenvalue weighted by atomic mass is 10.2. The van der Waals surface area contributed by atoms with Crippen molar-refractivity contribution in [3.8, 4) is 0 Å². The third-order valence-corrected chi connectivity index (χ3v) is 2.55. The molecule has 18 heavy (non-hydrogen) atoms. The maximum absolute atomic E-state index is 11.7. The Kier molecular flexibility index (Phi) is 5.64. The van der Waals surface area contributed by atoms with Crippen LogP contribution in [-0.4, -0.2) is 25.0 Å². The van der Waals surface area contributed by atoms with Crippen molar-refractivity contribution in [2.75, 3.05) is 18.9 Å². The number of carbonyl (C=O) groups is 2. The van der Waals surface area contributed by atoms with E-state index in [0.717, 1.165) is 0 Å². The summed E-state index contributed by atoms with van der Waals surface area (Å²) >= 11 is 3.24. The fraction of sp³-hybridized carbons (Fsp3) is 0.333. The summed E-state index contributed by atoms with van der Waals surface area (Å²) in [4.78, 5) is 22.8. The largest absolute Gasteiger partial charge is 0.462 e. The van der Waals surface area contributed by atoms with E-state index in [1.807, 2.05) is 6.92 Å². The Hall–Kier alpha value is -1.56. The SMILES string of the molecule is CCNC(=O)CCOC(=O)c1cc(N)cc(Br)c1. The predicted molar refractivity (Wildman–Crippen MR) is 72.1 cm³/mol. The lowest BCUT2D eigenvalue weighted by Crippen LogP contribution is -2.24. The van der Waals surface area contributed by atoms with Crippen molar-refractivity contribution < 1.29 is 14.3 Å². The highest BCUT2D eigenvalue weighted by Crippen LogP contribution is 2.17. The Morgan fingerprint density at radius 1 is 1.39 bits per heavy atom. The second-order valence-corrected chi connectivity index (χ2v) is 4.53. The van der Waals surface area contributed by atoms with Crippen molar-refractivity contribution in [3.05, 3.63) is 28.2 Å². The van der Waals surface area contributed by atoms with Crippen molar-refractivity contribution in [1.82, 2.24) is 5.32 Å². The number of rotatable bonds is 5. The maximum Gasteiger partial charge on any atom is 0.338 e. The number of carbonyl (C=O) groups excluding carboxylic acids is 2. The predicted octanol–water partition coefficient (Wildman–Crippen LogP) is 1.71. The first kappa shape index (κ1) is 14.5. The normalized spacial score (nSPS) is 9.89. The van der Waals surface area contributed by atoms with E-state index in [2.05, 4.69) is 21.2 Å². The minimum absolute atomic E-state index is 0.0527. The fourth-order valence-corrected chi connectivity index (χ4v) is 1.85. The molecule has 5 nitrogen and oxygen atoms in total. The molecular weight excluding hydrogens is 300 g/mol. The van der Waals surface area contributed by atoms with Crippen LogP contribution >= 0.6 is 15.9 Å². The van der Waals surface area contributed by atoms with Crippen molar-refractivity contribution in [1.29, 1.82) is 0 Å². The van der Waals surface area contributed by atoms with Gasteiger partial charge in [0.1, 0.15) is 6.61 Å². The van der Waals surface area contributed by atoms with Crippen molar-refractivity contribution >= 4 is 33.5 Å². The number of nitrogens with one attached hydrogen (secondary N) is 1. The highest BCUT2D eigenvalue weighted by atomic mass is 79.9. The quantitative estimate of drug-likeness (QED) is 0.640. The van der Waals surface area contributed by atoms with Crippen LogP contribution in [0.15, 0.2) is 22.7 Å². The van der Waals surface area contributed by atoms with Crippen LogP contribution in [0.25, 0.3) is 0 Å². The van der Waals surface area contributed by atoms with Gasteiger partial charge in [0.25, 0.3) is 0 Å². The number of hydrogen-bond donors (Lipinski definition) is 2. The first-order valence-electron chi connectivity index (χ1n) is 5.52. The topological polar surface area (TPSA) is 81.4 Å². The summed E-state index contributed by atoms with van der Waals surface area (Å²) in [6, 6.07) is 4.83. The van der Waals surface area contributed by atoms with Gasteiger partial charge in [-0.3, -0.25) is 4.79 Å². The van der Waals surface area contributed by atoms with Crippen molar-refractivity contribution in [3.63, 3.8) is 0 Å². The highest BCUT2D eigenvalue weighted by Gasteiger charge is 2.09. The van der Waals surface area contributed by atoms with Gasteiger partial charge in [-0.25, -0.2) is 4.79 Å². The average Bonchev–Trinajstić information content (AvgIpc) is 2.27. The van der Waals surface area contributed by atoms with Gasteiger partial charge in [0.05, 0.1) is 12.0 Å². The van der Waals surface area contributed by atoms with Crippen LogP contribution in [-0.2, 0) is 9.53 Å². The Labute approximate surface area is 114 Å².